The van der Waals surface area contributed by atoms with Crippen LogP contribution in [0.25, 0.3) is 0 Å². The summed E-state index contributed by atoms with van der Waals surface area (Å²) in [4.78, 5) is 12.5. The van der Waals surface area contributed by atoms with Gasteiger partial charge in [0.1, 0.15) is 5.82 Å². The summed E-state index contributed by atoms with van der Waals surface area (Å²) >= 11 is 7.23. The van der Waals surface area contributed by atoms with Crippen LogP contribution in [0.4, 0.5) is 10.1 Å². The van der Waals surface area contributed by atoms with Gasteiger partial charge in [-0.1, -0.05) is 29.4 Å². The van der Waals surface area contributed by atoms with E-state index in [0.717, 1.165) is 11.8 Å². The quantitative estimate of drug-likeness (QED) is 0.854. The number of amides is 1. The monoisotopic (exact) mass is 296 g/mol. The highest BCUT2D eigenvalue weighted by Gasteiger charge is 2.14. The number of nitrogen functional groups attached to an aromatic ring is 1. The summed E-state index contributed by atoms with van der Waals surface area (Å²) in [5, 5.41) is 0.308. The van der Waals surface area contributed by atoms with Gasteiger partial charge >= 0.3 is 0 Å². The van der Waals surface area contributed by atoms with E-state index in [0.29, 0.717) is 20.5 Å². The Hall–Kier alpha value is -1.72. The summed E-state index contributed by atoms with van der Waals surface area (Å²) in [6.45, 7) is 0. The SMILES string of the molecule is NC(=O)c1cc(N)cc(Cl)c1Sc1cccc(F)c1. The van der Waals surface area contributed by atoms with Crippen molar-refractivity contribution in [2.75, 3.05) is 5.73 Å². The number of hydrogen-bond donors (Lipinski definition) is 2. The number of benzene rings is 2. The van der Waals surface area contributed by atoms with Gasteiger partial charge in [-0.3, -0.25) is 4.79 Å². The fraction of sp³-hybridized carbons (Fsp3) is 0. The minimum Gasteiger partial charge on any atom is -0.399 e. The molecule has 0 fully saturated rings. The lowest BCUT2D eigenvalue weighted by Gasteiger charge is -2.10. The largest absolute Gasteiger partial charge is 0.399 e. The van der Waals surface area contributed by atoms with Gasteiger partial charge in [0.15, 0.2) is 0 Å². The first-order valence-electron chi connectivity index (χ1n) is 5.29. The lowest BCUT2D eigenvalue weighted by molar-refractivity contribution is 0.0997. The molecular formula is C13H10ClFN2OS. The molecule has 2 rings (SSSR count). The Bertz CT molecular complexity index is 649. The van der Waals surface area contributed by atoms with E-state index in [2.05, 4.69) is 0 Å². The average Bonchev–Trinajstić information content (AvgIpc) is 2.32. The van der Waals surface area contributed by atoms with Crippen molar-refractivity contribution in [3.05, 3.63) is 52.8 Å². The normalized spacial score (nSPS) is 10.4. The maximum Gasteiger partial charge on any atom is 0.249 e. The van der Waals surface area contributed by atoms with E-state index >= 15 is 0 Å². The summed E-state index contributed by atoms with van der Waals surface area (Å²) in [6, 6.07) is 8.95. The van der Waals surface area contributed by atoms with E-state index in [4.69, 9.17) is 23.1 Å². The predicted molar refractivity (Wildman–Crippen MR) is 74.9 cm³/mol. The second-order valence-electron chi connectivity index (χ2n) is 3.80. The zero-order chi connectivity index (χ0) is 14.0. The number of carbonyl (C=O) groups excluding carboxylic acids is 1. The van der Waals surface area contributed by atoms with E-state index in [9.17, 15) is 9.18 Å². The Morgan fingerprint density at radius 3 is 2.63 bits per heavy atom. The average molecular weight is 297 g/mol. The lowest BCUT2D eigenvalue weighted by Crippen LogP contribution is -2.13. The molecule has 6 heteroatoms. The minimum absolute atomic E-state index is 0.222. The third-order valence-electron chi connectivity index (χ3n) is 2.35. The predicted octanol–water partition coefficient (Wildman–Crippen LogP) is 3.31. The van der Waals surface area contributed by atoms with Crippen molar-refractivity contribution in [3.8, 4) is 0 Å². The summed E-state index contributed by atoms with van der Waals surface area (Å²) < 4.78 is 13.1. The van der Waals surface area contributed by atoms with Gasteiger partial charge in [-0.05, 0) is 30.3 Å². The summed E-state index contributed by atoms with van der Waals surface area (Å²) in [5.41, 5.74) is 11.5. The molecule has 0 aliphatic carbocycles. The highest BCUT2D eigenvalue weighted by Crippen LogP contribution is 2.37. The molecule has 0 aliphatic rings. The van der Waals surface area contributed by atoms with Crippen molar-refractivity contribution in [2.45, 2.75) is 9.79 Å². The molecule has 0 bridgehead atoms. The van der Waals surface area contributed by atoms with Crippen LogP contribution < -0.4 is 11.5 Å². The Labute approximate surface area is 118 Å². The Morgan fingerprint density at radius 1 is 1.26 bits per heavy atom. The first-order valence-corrected chi connectivity index (χ1v) is 6.49. The lowest BCUT2D eigenvalue weighted by atomic mass is 10.2. The number of halogens is 2. The highest BCUT2D eigenvalue weighted by molar-refractivity contribution is 7.99. The first kappa shape index (κ1) is 13.7. The number of rotatable bonds is 3. The molecule has 3 nitrogen and oxygen atoms in total. The zero-order valence-corrected chi connectivity index (χ0v) is 11.3. The third kappa shape index (κ3) is 3.19. The maximum absolute atomic E-state index is 13.1. The van der Waals surface area contributed by atoms with Crippen molar-refractivity contribution >= 4 is 35.0 Å². The van der Waals surface area contributed by atoms with Gasteiger partial charge in [0.2, 0.25) is 5.91 Å². The van der Waals surface area contributed by atoms with Gasteiger partial charge in [-0.15, -0.1) is 0 Å². The molecule has 0 radical (unpaired) electrons. The van der Waals surface area contributed by atoms with Gasteiger partial charge < -0.3 is 11.5 Å². The first-order chi connectivity index (χ1) is 8.97. The molecule has 19 heavy (non-hydrogen) atoms. The molecule has 0 saturated heterocycles. The number of nitrogens with two attached hydrogens (primary N) is 2. The standard InChI is InChI=1S/C13H10ClFN2OS/c14-11-6-8(16)5-10(13(17)18)12(11)19-9-3-1-2-7(15)4-9/h1-6H,16H2,(H2,17,18). The molecule has 0 aliphatic heterocycles. The van der Waals surface area contributed by atoms with Gasteiger partial charge in [0, 0.05) is 15.5 Å². The Morgan fingerprint density at radius 2 is 2.00 bits per heavy atom. The van der Waals surface area contributed by atoms with Crippen LogP contribution in [-0.4, -0.2) is 5.91 Å². The van der Waals surface area contributed by atoms with Crippen LogP contribution in [0.1, 0.15) is 10.4 Å². The van der Waals surface area contributed by atoms with E-state index in [1.54, 1.807) is 12.1 Å². The summed E-state index contributed by atoms with van der Waals surface area (Å²) in [5.74, 6) is -0.995. The molecule has 2 aromatic carbocycles. The van der Waals surface area contributed by atoms with Crippen LogP contribution in [0.15, 0.2) is 46.2 Å². The molecule has 0 spiro atoms. The fourth-order valence-corrected chi connectivity index (χ4v) is 2.87. The van der Waals surface area contributed by atoms with E-state index in [1.807, 2.05) is 0 Å². The molecule has 0 saturated carbocycles. The van der Waals surface area contributed by atoms with Crippen LogP contribution in [-0.2, 0) is 0 Å². The number of primary amides is 1. The second-order valence-corrected chi connectivity index (χ2v) is 5.29. The Balaban J connectivity index is 2.47. The van der Waals surface area contributed by atoms with Crippen molar-refractivity contribution in [3.63, 3.8) is 0 Å². The van der Waals surface area contributed by atoms with Crippen molar-refractivity contribution < 1.29 is 9.18 Å². The Kier molecular flexibility index (Phi) is 3.97. The van der Waals surface area contributed by atoms with Crippen LogP contribution >= 0.6 is 23.4 Å². The smallest absolute Gasteiger partial charge is 0.249 e. The van der Waals surface area contributed by atoms with Crippen molar-refractivity contribution in [1.82, 2.24) is 0 Å². The fourth-order valence-electron chi connectivity index (χ4n) is 1.55. The van der Waals surface area contributed by atoms with Crippen LogP contribution in [0.5, 0.6) is 0 Å². The number of carbonyl (C=O) groups is 1. The third-order valence-corrected chi connectivity index (χ3v) is 3.89. The molecule has 98 valence electrons. The van der Waals surface area contributed by atoms with Crippen molar-refractivity contribution in [2.24, 2.45) is 5.73 Å². The van der Waals surface area contributed by atoms with Gasteiger partial charge in [-0.25, -0.2) is 4.39 Å². The summed E-state index contributed by atoms with van der Waals surface area (Å²) in [6.07, 6.45) is 0. The van der Waals surface area contributed by atoms with Crippen molar-refractivity contribution in [1.29, 1.82) is 0 Å². The van der Waals surface area contributed by atoms with Gasteiger partial charge in [0.05, 0.1) is 10.6 Å². The van der Waals surface area contributed by atoms with Gasteiger partial charge in [-0.2, -0.15) is 0 Å². The minimum atomic E-state index is -0.631. The zero-order valence-electron chi connectivity index (χ0n) is 9.69. The van der Waals surface area contributed by atoms with Crippen LogP contribution in [0.3, 0.4) is 0 Å². The molecule has 1 amide bonds. The van der Waals surface area contributed by atoms with Gasteiger partial charge in [0.25, 0.3) is 0 Å². The molecule has 2 aromatic rings. The van der Waals surface area contributed by atoms with E-state index in [-0.39, 0.29) is 11.4 Å². The molecule has 0 atom stereocenters. The van der Waals surface area contributed by atoms with E-state index < -0.39 is 5.91 Å². The summed E-state index contributed by atoms with van der Waals surface area (Å²) in [7, 11) is 0. The number of hydrogen-bond acceptors (Lipinski definition) is 3. The maximum atomic E-state index is 13.1. The highest BCUT2D eigenvalue weighted by atomic mass is 35.5. The van der Waals surface area contributed by atoms with E-state index in [1.165, 1.54) is 24.3 Å². The molecule has 4 N–H and O–H groups in total. The molecular weight excluding hydrogens is 287 g/mol. The molecule has 0 unspecified atom stereocenters. The topological polar surface area (TPSA) is 69.1 Å². The second kappa shape index (κ2) is 5.50. The van der Waals surface area contributed by atoms with Crippen LogP contribution in [0, 0.1) is 5.82 Å². The molecule has 0 heterocycles. The van der Waals surface area contributed by atoms with Crippen LogP contribution in [0.2, 0.25) is 5.02 Å². The number of anilines is 1. The molecule has 0 aromatic heterocycles.